The van der Waals surface area contributed by atoms with Crippen LogP contribution in [0.2, 0.25) is 0 Å². The van der Waals surface area contributed by atoms with Gasteiger partial charge in [-0.1, -0.05) is 0 Å². The Morgan fingerprint density at radius 2 is 1.25 bits per heavy atom. The topological polar surface area (TPSA) is 123 Å². The molecule has 0 radical (unpaired) electrons. The van der Waals surface area contributed by atoms with Gasteiger partial charge in [0, 0.05) is 28.2 Å². The van der Waals surface area contributed by atoms with Crippen molar-refractivity contribution < 1.29 is 19.1 Å². The number of carbonyl (C=O) groups is 3. The molecule has 0 spiro atoms. The number of nitrogens with one attached hydrogen (secondary N) is 3. The smallest absolute Gasteiger partial charge is 0.255 e. The van der Waals surface area contributed by atoms with Gasteiger partial charge in [0.1, 0.15) is 11.8 Å². The number of hydrogen-bond acceptors (Lipinski definition) is 5. The Bertz CT molecular complexity index is 1090. The Labute approximate surface area is 185 Å². The molecular weight excluding hydrogens is 408 g/mol. The van der Waals surface area contributed by atoms with E-state index in [0.717, 1.165) is 0 Å². The van der Waals surface area contributed by atoms with E-state index >= 15 is 0 Å². The average Bonchev–Trinajstić information content (AvgIpc) is 2.80. The van der Waals surface area contributed by atoms with Crippen LogP contribution in [-0.2, 0) is 4.79 Å². The molecule has 3 rings (SSSR count). The Hall–Kier alpha value is -4.33. The summed E-state index contributed by atoms with van der Waals surface area (Å²) in [7, 11) is 1.58. The van der Waals surface area contributed by atoms with Crippen LogP contribution in [0.25, 0.3) is 0 Å². The van der Waals surface area contributed by atoms with Gasteiger partial charge in [-0.05, 0) is 79.7 Å². The van der Waals surface area contributed by atoms with Crippen molar-refractivity contribution in [2.24, 2.45) is 5.73 Å². The predicted octanol–water partition coefficient (Wildman–Crippen LogP) is 3.49. The number of benzene rings is 3. The van der Waals surface area contributed by atoms with Gasteiger partial charge in [0.25, 0.3) is 5.91 Å². The lowest BCUT2D eigenvalue weighted by Crippen LogP contribution is -2.31. The van der Waals surface area contributed by atoms with Gasteiger partial charge >= 0.3 is 0 Å². The summed E-state index contributed by atoms with van der Waals surface area (Å²) in [6, 6.07) is 19.6. The molecule has 8 heteroatoms. The third-order valence-electron chi connectivity index (χ3n) is 4.71. The van der Waals surface area contributed by atoms with E-state index in [1.165, 1.54) is 0 Å². The first-order chi connectivity index (χ1) is 15.4. The minimum absolute atomic E-state index is 0.244. The number of rotatable bonds is 8. The summed E-state index contributed by atoms with van der Waals surface area (Å²) in [5.74, 6) is -0.316. The maximum atomic E-state index is 12.4. The normalized spacial score (nSPS) is 11.2. The van der Waals surface area contributed by atoms with Crippen molar-refractivity contribution in [1.29, 1.82) is 0 Å². The first-order valence-electron chi connectivity index (χ1n) is 9.88. The van der Waals surface area contributed by atoms with Crippen LogP contribution in [0.1, 0.15) is 27.6 Å². The van der Waals surface area contributed by atoms with E-state index in [1.807, 2.05) is 0 Å². The Balaban J connectivity index is 1.55. The molecule has 0 heterocycles. The first kappa shape index (κ1) is 22.4. The standard InChI is InChI=1S/C24H24N4O4/c1-15(23(30)27-19-7-3-16(4-8-19)22(25)29)26-18-9-5-17(6-10-18)24(31)28-20-11-13-21(32-2)14-12-20/h3-15,26H,1-2H3,(H2,25,29)(H,27,30)(H,28,31). The highest BCUT2D eigenvalue weighted by Gasteiger charge is 2.14. The lowest BCUT2D eigenvalue weighted by atomic mass is 10.1. The molecule has 164 valence electrons. The second-order valence-electron chi connectivity index (χ2n) is 7.06. The first-order valence-corrected chi connectivity index (χ1v) is 9.88. The van der Waals surface area contributed by atoms with Gasteiger partial charge in [0.05, 0.1) is 7.11 Å². The highest BCUT2D eigenvalue weighted by molar-refractivity contribution is 6.04. The number of primary amides is 1. The molecule has 0 aliphatic heterocycles. The van der Waals surface area contributed by atoms with Crippen LogP contribution < -0.4 is 26.4 Å². The lowest BCUT2D eigenvalue weighted by Gasteiger charge is -2.16. The third-order valence-corrected chi connectivity index (χ3v) is 4.71. The summed E-state index contributed by atoms with van der Waals surface area (Å²) in [5.41, 5.74) is 7.97. The molecule has 0 aromatic heterocycles. The lowest BCUT2D eigenvalue weighted by molar-refractivity contribution is -0.116. The quantitative estimate of drug-likeness (QED) is 0.434. The molecule has 5 N–H and O–H groups in total. The largest absolute Gasteiger partial charge is 0.497 e. The fourth-order valence-electron chi connectivity index (χ4n) is 2.88. The van der Waals surface area contributed by atoms with E-state index in [4.69, 9.17) is 10.5 Å². The van der Waals surface area contributed by atoms with E-state index in [2.05, 4.69) is 16.0 Å². The van der Waals surface area contributed by atoms with Crippen LogP contribution >= 0.6 is 0 Å². The number of nitrogens with two attached hydrogens (primary N) is 1. The Morgan fingerprint density at radius 1 is 0.750 bits per heavy atom. The highest BCUT2D eigenvalue weighted by Crippen LogP contribution is 2.17. The number of carbonyl (C=O) groups excluding carboxylic acids is 3. The van der Waals surface area contributed by atoms with E-state index in [1.54, 1.807) is 86.8 Å². The monoisotopic (exact) mass is 432 g/mol. The predicted molar refractivity (Wildman–Crippen MR) is 124 cm³/mol. The van der Waals surface area contributed by atoms with Crippen LogP contribution in [0.5, 0.6) is 5.75 Å². The van der Waals surface area contributed by atoms with Gasteiger partial charge < -0.3 is 26.4 Å². The molecule has 8 nitrogen and oxygen atoms in total. The van der Waals surface area contributed by atoms with Crippen molar-refractivity contribution >= 4 is 34.8 Å². The van der Waals surface area contributed by atoms with Gasteiger partial charge in [0.2, 0.25) is 11.8 Å². The minimum Gasteiger partial charge on any atom is -0.497 e. The van der Waals surface area contributed by atoms with E-state index < -0.39 is 11.9 Å². The summed E-state index contributed by atoms with van der Waals surface area (Å²) in [6.07, 6.45) is 0. The van der Waals surface area contributed by atoms with E-state index in [0.29, 0.717) is 33.9 Å². The van der Waals surface area contributed by atoms with Gasteiger partial charge in [-0.25, -0.2) is 0 Å². The van der Waals surface area contributed by atoms with Crippen LogP contribution in [0.4, 0.5) is 17.1 Å². The molecule has 3 amide bonds. The number of methoxy groups -OCH3 is 1. The van der Waals surface area contributed by atoms with Crippen molar-refractivity contribution in [2.45, 2.75) is 13.0 Å². The zero-order chi connectivity index (χ0) is 23.1. The highest BCUT2D eigenvalue weighted by atomic mass is 16.5. The van der Waals surface area contributed by atoms with Crippen molar-refractivity contribution in [3.05, 3.63) is 83.9 Å². The van der Waals surface area contributed by atoms with Gasteiger partial charge in [-0.15, -0.1) is 0 Å². The Morgan fingerprint density at radius 3 is 1.81 bits per heavy atom. The molecule has 0 saturated heterocycles. The molecule has 1 unspecified atom stereocenters. The number of amides is 3. The van der Waals surface area contributed by atoms with Crippen molar-refractivity contribution in [3.8, 4) is 5.75 Å². The second-order valence-corrected chi connectivity index (χ2v) is 7.06. The molecule has 0 aliphatic carbocycles. The van der Waals surface area contributed by atoms with Gasteiger partial charge in [-0.2, -0.15) is 0 Å². The van der Waals surface area contributed by atoms with Crippen LogP contribution in [0.3, 0.4) is 0 Å². The Kier molecular flexibility index (Phi) is 7.07. The van der Waals surface area contributed by atoms with Gasteiger partial charge in [-0.3, -0.25) is 14.4 Å². The van der Waals surface area contributed by atoms with Crippen LogP contribution in [0.15, 0.2) is 72.8 Å². The molecular formula is C24H24N4O4. The third kappa shape index (κ3) is 5.85. The maximum Gasteiger partial charge on any atom is 0.255 e. The number of hydrogen-bond donors (Lipinski definition) is 4. The summed E-state index contributed by atoms with van der Waals surface area (Å²) in [6.45, 7) is 1.72. The zero-order valence-corrected chi connectivity index (χ0v) is 17.7. The molecule has 0 fully saturated rings. The summed E-state index contributed by atoms with van der Waals surface area (Å²) >= 11 is 0. The average molecular weight is 432 g/mol. The van der Waals surface area contributed by atoms with Crippen LogP contribution in [-0.4, -0.2) is 30.9 Å². The van der Waals surface area contributed by atoms with Crippen LogP contribution in [0, 0.1) is 0 Å². The van der Waals surface area contributed by atoms with Gasteiger partial charge in [0.15, 0.2) is 0 Å². The SMILES string of the molecule is COc1ccc(NC(=O)c2ccc(NC(C)C(=O)Nc3ccc(C(N)=O)cc3)cc2)cc1. The second kappa shape index (κ2) is 10.1. The summed E-state index contributed by atoms with van der Waals surface area (Å²) in [4.78, 5) is 36.0. The zero-order valence-electron chi connectivity index (χ0n) is 17.7. The molecule has 0 bridgehead atoms. The van der Waals surface area contributed by atoms with E-state index in [-0.39, 0.29) is 11.8 Å². The molecule has 32 heavy (non-hydrogen) atoms. The number of anilines is 3. The molecule has 3 aromatic rings. The molecule has 1 atom stereocenters. The minimum atomic E-state index is -0.537. The molecule has 0 aliphatic rings. The molecule has 0 saturated carbocycles. The molecule has 3 aromatic carbocycles. The fraction of sp³-hybridized carbons (Fsp3) is 0.125. The van der Waals surface area contributed by atoms with Crippen molar-refractivity contribution in [1.82, 2.24) is 0 Å². The van der Waals surface area contributed by atoms with Crippen molar-refractivity contribution in [3.63, 3.8) is 0 Å². The summed E-state index contributed by atoms with van der Waals surface area (Å²) < 4.78 is 5.10. The van der Waals surface area contributed by atoms with Crippen molar-refractivity contribution in [2.75, 3.05) is 23.1 Å². The maximum absolute atomic E-state index is 12.4. The van der Waals surface area contributed by atoms with E-state index in [9.17, 15) is 14.4 Å². The summed E-state index contributed by atoms with van der Waals surface area (Å²) in [5, 5.41) is 8.67. The number of ether oxygens (including phenoxy) is 1. The fourth-order valence-corrected chi connectivity index (χ4v) is 2.88.